The number of nitrogens with zero attached hydrogens (tertiary/aromatic N) is 2. The molecule has 2 N–H and O–H groups in total. The van der Waals surface area contributed by atoms with E-state index in [2.05, 4.69) is 36.9 Å². The van der Waals surface area contributed by atoms with Gasteiger partial charge < -0.3 is 10.6 Å². The van der Waals surface area contributed by atoms with Crippen LogP contribution in [0.4, 0.5) is 15.9 Å². The topological polar surface area (TPSA) is 80.1 Å². The van der Waals surface area contributed by atoms with Gasteiger partial charge >= 0.3 is 0 Å². The minimum atomic E-state index is -0.840. The first-order valence-corrected chi connectivity index (χ1v) is 9.42. The summed E-state index contributed by atoms with van der Waals surface area (Å²) in [5.74, 6) is 1.36. The molecule has 0 aliphatic carbocycles. The third-order valence-electron chi connectivity index (χ3n) is 3.17. The van der Waals surface area contributed by atoms with Gasteiger partial charge in [-0.2, -0.15) is 0 Å². The lowest BCUT2D eigenvalue weighted by Crippen LogP contribution is -2.15. The Balaban J connectivity index is 1.99. The van der Waals surface area contributed by atoms with Crippen LogP contribution in [0.15, 0.2) is 27.3 Å². The summed E-state index contributed by atoms with van der Waals surface area (Å²) in [7, 11) is -0.840. The van der Waals surface area contributed by atoms with Gasteiger partial charge in [0.2, 0.25) is 0 Å². The molecule has 0 aliphatic heterocycles. The van der Waals surface area contributed by atoms with Crippen LogP contribution >= 0.6 is 15.9 Å². The Bertz CT molecular complexity index is 683. The molecule has 1 heterocycles. The average molecular weight is 405 g/mol. The smallest absolute Gasteiger partial charge is 0.196 e. The zero-order valence-electron chi connectivity index (χ0n) is 12.8. The van der Waals surface area contributed by atoms with E-state index in [1.807, 2.05) is 13.8 Å². The number of benzene rings is 1. The molecule has 0 bridgehead atoms. The summed E-state index contributed by atoms with van der Waals surface area (Å²) in [4.78, 5) is 0. The number of nitrogens with one attached hydrogen (secondary N) is 2. The van der Waals surface area contributed by atoms with Gasteiger partial charge in [-0.15, -0.1) is 0 Å². The van der Waals surface area contributed by atoms with Crippen molar-refractivity contribution in [2.24, 2.45) is 0 Å². The SMILES string of the molecule is CCS(=O)CCNc1nonc1[C@H](C)Nc1ccc(F)c(Br)c1. The molecule has 9 heteroatoms. The molecule has 2 atom stereocenters. The zero-order chi connectivity index (χ0) is 16.8. The quantitative estimate of drug-likeness (QED) is 0.702. The highest BCUT2D eigenvalue weighted by Gasteiger charge is 2.17. The van der Waals surface area contributed by atoms with Crippen molar-refractivity contribution in [3.8, 4) is 0 Å². The first kappa shape index (κ1) is 17.9. The summed E-state index contributed by atoms with van der Waals surface area (Å²) in [5, 5.41) is 14.0. The number of halogens is 2. The number of rotatable bonds is 8. The second-order valence-corrected chi connectivity index (χ2v) is 7.57. The van der Waals surface area contributed by atoms with Gasteiger partial charge in [0.25, 0.3) is 0 Å². The predicted octanol–water partition coefficient (Wildman–Crippen LogP) is 3.32. The van der Waals surface area contributed by atoms with Gasteiger partial charge in [-0.3, -0.25) is 4.21 Å². The molecule has 0 spiro atoms. The average Bonchev–Trinajstić information content (AvgIpc) is 2.99. The van der Waals surface area contributed by atoms with Crippen LogP contribution in [0.3, 0.4) is 0 Å². The molecule has 1 unspecified atom stereocenters. The number of aromatic nitrogens is 2. The van der Waals surface area contributed by atoms with Crippen LogP contribution < -0.4 is 10.6 Å². The molecule has 6 nitrogen and oxygen atoms in total. The van der Waals surface area contributed by atoms with Crippen molar-refractivity contribution in [3.05, 3.63) is 34.2 Å². The number of hydrogen-bond acceptors (Lipinski definition) is 6. The van der Waals surface area contributed by atoms with E-state index in [-0.39, 0.29) is 11.9 Å². The van der Waals surface area contributed by atoms with E-state index in [0.717, 1.165) is 5.69 Å². The molecule has 2 rings (SSSR count). The minimum Gasteiger partial charge on any atom is -0.377 e. The van der Waals surface area contributed by atoms with Gasteiger partial charge in [0.05, 0.1) is 10.5 Å². The van der Waals surface area contributed by atoms with Gasteiger partial charge in [0.1, 0.15) is 5.82 Å². The Labute approximate surface area is 144 Å². The molecule has 2 aromatic rings. The normalized spacial score (nSPS) is 13.6. The van der Waals surface area contributed by atoms with Gasteiger partial charge in [-0.1, -0.05) is 12.1 Å². The first-order chi connectivity index (χ1) is 11.0. The third-order valence-corrected chi connectivity index (χ3v) is 5.08. The van der Waals surface area contributed by atoms with Crippen molar-refractivity contribution >= 4 is 38.2 Å². The zero-order valence-corrected chi connectivity index (χ0v) is 15.2. The van der Waals surface area contributed by atoms with Gasteiger partial charge in [-0.05, 0) is 46.2 Å². The molecule has 0 saturated carbocycles. The summed E-state index contributed by atoms with van der Waals surface area (Å²) >= 11 is 3.15. The van der Waals surface area contributed by atoms with E-state index >= 15 is 0 Å². The molecular formula is C14H18BrFN4O2S. The molecule has 0 radical (unpaired) electrons. The molecule has 0 amide bonds. The Kier molecular flexibility index (Phi) is 6.52. The van der Waals surface area contributed by atoms with Crippen molar-refractivity contribution in [1.82, 2.24) is 10.3 Å². The van der Waals surface area contributed by atoms with Crippen molar-refractivity contribution in [1.29, 1.82) is 0 Å². The molecule has 126 valence electrons. The van der Waals surface area contributed by atoms with Crippen LogP contribution in [-0.4, -0.2) is 32.6 Å². The lowest BCUT2D eigenvalue weighted by atomic mass is 10.2. The van der Waals surface area contributed by atoms with Crippen molar-refractivity contribution in [3.63, 3.8) is 0 Å². The van der Waals surface area contributed by atoms with Crippen molar-refractivity contribution in [2.75, 3.05) is 28.7 Å². The van der Waals surface area contributed by atoms with E-state index in [1.54, 1.807) is 12.1 Å². The van der Waals surface area contributed by atoms with Crippen LogP contribution in [0.5, 0.6) is 0 Å². The monoisotopic (exact) mass is 404 g/mol. The number of hydrogen-bond donors (Lipinski definition) is 2. The molecule has 1 aromatic heterocycles. The Hall–Kier alpha value is -1.48. The Morgan fingerprint density at radius 1 is 1.43 bits per heavy atom. The van der Waals surface area contributed by atoms with Crippen LogP contribution in [0.2, 0.25) is 0 Å². The Morgan fingerprint density at radius 3 is 2.91 bits per heavy atom. The molecular weight excluding hydrogens is 387 g/mol. The summed E-state index contributed by atoms with van der Waals surface area (Å²) in [6.07, 6.45) is 0. The summed E-state index contributed by atoms with van der Waals surface area (Å²) in [6, 6.07) is 4.47. The van der Waals surface area contributed by atoms with Crippen molar-refractivity contribution < 1.29 is 13.2 Å². The Morgan fingerprint density at radius 2 is 2.22 bits per heavy atom. The molecule has 0 fully saturated rings. The first-order valence-electron chi connectivity index (χ1n) is 7.14. The van der Waals surface area contributed by atoms with Crippen molar-refractivity contribution in [2.45, 2.75) is 19.9 Å². The lowest BCUT2D eigenvalue weighted by molar-refractivity contribution is 0.303. The predicted molar refractivity (Wildman–Crippen MR) is 92.5 cm³/mol. The van der Waals surface area contributed by atoms with Crippen LogP contribution in [0, 0.1) is 5.82 Å². The lowest BCUT2D eigenvalue weighted by Gasteiger charge is -2.14. The maximum Gasteiger partial charge on any atom is 0.196 e. The number of anilines is 2. The van der Waals surface area contributed by atoms with E-state index in [1.165, 1.54) is 6.07 Å². The molecule has 0 aliphatic rings. The molecule has 1 aromatic carbocycles. The summed E-state index contributed by atoms with van der Waals surface area (Å²) < 4.78 is 29.9. The second kappa shape index (κ2) is 8.39. The third kappa shape index (κ3) is 5.00. The standard InChI is InChI=1S/C14H18BrFN4O2S/c1-3-23(21)7-6-17-14-13(19-22-20-14)9(2)18-10-4-5-12(16)11(15)8-10/h4-5,8-9,18H,3,6-7H2,1-2H3,(H,17,20)/t9-,23?/m0/s1. The fourth-order valence-electron chi connectivity index (χ4n) is 1.93. The summed E-state index contributed by atoms with van der Waals surface area (Å²) in [5.41, 5.74) is 1.35. The van der Waals surface area contributed by atoms with E-state index < -0.39 is 10.8 Å². The maximum absolute atomic E-state index is 13.3. The van der Waals surface area contributed by atoms with Crippen LogP contribution in [0.1, 0.15) is 25.6 Å². The van der Waals surface area contributed by atoms with E-state index in [4.69, 9.17) is 4.63 Å². The summed E-state index contributed by atoms with van der Waals surface area (Å²) in [6.45, 7) is 4.30. The van der Waals surface area contributed by atoms with Crippen LogP contribution in [-0.2, 0) is 10.8 Å². The van der Waals surface area contributed by atoms with Gasteiger partial charge in [-0.25, -0.2) is 9.02 Å². The fraction of sp³-hybridized carbons (Fsp3) is 0.429. The largest absolute Gasteiger partial charge is 0.377 e. The van der Waals surface area contributed by atoms with E-state index in [9.17, 15) is 8.60 Å². The van der Waals surface area contributed by atoms with Gasteiger partial charge in [0.15, 0.2) is 11.5 Å². The molecule has 23 heavy (non-hydrogen) atoms. The van der Waals surface area contributed by atoms with E-state index in [0.29, 0.717) is 34.0 Å². The van der Waals surface area contributed by atoms with Crippen LogP contribution in [0.25, 0.3) is 0 Å². The molecule has 0 saturated heterocycles. The fourth-order valence-corrected chi connectivity index (χ4v) is 2.93. The van der Waals surface area contributed by atoms with Gasteiger partial charge in [0, 0.05) is 34.5 Å². The minimum absolute atomic E-state index is 0.196. The highest BCUT2D eigenvalue weighted by Crippen LogP contribution is 2.25. The highest BCUT2D eigenvalue weighted by molar-refractivity contribution is 9.10. The second-order valence-electron chi connectivity index (χ2n) is 4.85. The highest BCUT2D eigenvalue weighted by atomic mass is 79.9. The maximum atomic E-state index is 13.3.